The summed E-state index contributed by atoms with van der Waals surface area (Å²) >= 11 is 3.59. The number of nitrogens with zero attached hydrogens (tertiary/aromatic N) is 1. The molecule has 0 aromatic carbocycles. The van der Waals surface area contributed by atoms with E-state index in [0.717, 1.165) is 13.2 Å². The summed E-state index contributed by atoms with van der Waals surface area (Å²) in [5, 5.41) is 2.03. The number of hydrogen-bond donors (Lipinski definition) is 1. The van der Waals surface area contributed by atoms with Gasteiger partial charge in [0.15, 0.2) is 0 Å². The molecule has 2 heterocycles. The second-order valence-corrected chi connectivity index (χ2v) is 5.50. The Bertz CT molecular complexity index is 253. The van der Waals surface area contributed by atoms with E-state index in [4.69, 9.17) is 4.74 Å². The zero-order valence-corrected chi connectivity index (χ0v) is 10.8. The first kappa shape index (κ1) is 13.3. The topological polar surface area (TPSA) is 26.6 Å². The van der Waals surface area contributed by atoms with Gasteiger partial charge in [-0.05, 0) is 0 Å². The summed E-state index contributed by atoms with van der Waals surface area (Å²) in [4.78, 5) is 5.91. The largest absolute Gasteiger partial charge is 1.00 e. The van der Waals surface area contributed by atoms with Crippen LogP contribution in [0.3, 0.4) is 0 Å². The van der Waals surface area contributed by atoms with Gasteiger partial charge in [-0.25, -0.2) is 4.98 Å². The Hall–Kier alpha value is 0.190. The van der Waals surface area contributed by atoms with E-state index in [1.54, 1.807) is 16.2 Å². The lowest BCUT2D eigenvalue weighted by Crippen LogP contribution is -3.14. The lowest BCUT2D eigenvalue weighted by atomic mass is 10.4. The molecule has 1 saturated heterocycles. The number of nitrogens with one attached hydrogen (secondary N) is 1. The van der Waals surface area contributed by atoms with Crippen molar-refractivity contribution in [1.82, 2.24) is 4.98 Å². The highest BCUT2D eigenvalue weighted by atomic mass is 35.5. The number of ether oxygens (including phenoxy) is 1. The van der Waals surface area contributed by atoms with Crippen LogP contribution in [0.4, 0.5) is 0 Å². The highest BCUT2D eigenvalue weighted by Crippen LogP contribution is 2.18. The van der Waals surface area contributed by atoms with Crippen LogP contribution in [0.25, 0.3) is 0 Å². The summed E-state index contributed by atoms with van der Waals surface area (Å²) in [7, 11) is 0. The van der Waals surface area contributed by atoms with E-state index >= 15 is 0 Å². The standard InChI is InChI=1S/C9H14N2OS2.ClH/c1-7-13-9(10-1)14-8-4-11-2-5-12-6-3-11;/h1,7H,2-6,8H2;1H. The molecule has 0 radical (unpaired) electrons. The summed E-state index contributed by atoms with van der Waals surface area (Å²) < 4.78 is 6.51. The van der Waals surface area contributed by atoms with E-state index in [9.17, 15) is 0 Å². The van der Waals surface area contributed by atoms with Crippen molar-refractivity contribution in [3.05, 3.63) is 11.6 Å². The predicted molar refractivity (Wildman–Crippen MR) is 59.2 cm³/mol. The molecule has 0 bridgehead atoms. The van der Waals surface area contributed by atoms with Gasteiger partial charge in [-0.3, -0.25) is 0 Å². The molecule has 1 aliphatic heterocycles. The third-order valence-electron chi connectivity index (χ3n) is 2.29. The third kappa shape index (κ3) is 4.70. The predicted octanol–water partition coefficient (Wildman–Crippen LogP) is -2.85. The highest BCUT2D eigenvalue weighted by Gasteiger charge is 2.13. The van der Waals surface area contributed by atoms with Crippen LogP contribution < -0.4 is 17.3 Å². The average molecular weight is 267 g/mol. The molecule has 86 valence electrons. The lowest BCUT2D eigenvalue weighted by molar-refractivity contribution is -0.905. The van der Waals surface area contributed by atoms with E-state index in [-0.39, 0.29) is 12.4 Å². The van der Waals surface area contributed by atoms with Gasteiger partial charge in [0.25, 0.3) is 0 Å². The molecule has 0 atom stereocenters. The second-order valence-electron chi connectivity index (χ2n) is 3.26. The molecule has 0 amide bonds. The summed E-state index contributed by atoms with van der Waals surface area (Å²) in [5.41, 5.74) is 0. The number of rotatable bonds is 4. The van der Waals surface area contributed by atoms with Crippen molar-refractivity contribution in [2.75, 3.05) is 38.6 Å². The number of morpholine rings is 1. The average Bonchev–Trinajstić information content (AvgIpc) is 2.72. The van der Waals surface area contributed by atoms with Crippen LogP contribution >= 0.6 is 23.1 Å². The van der Waals surface area contributed by atoms with Gasteiger partial charge in [0.05, 0.1) is 19.8 Å². The van der Waals surface area contributed by atoms with Crippen LogP contribution in [0.2, 0.25) is 0 Å². The SMILES string of the molecule is [Cl-].c1csc(SCC[NH+]2CCOCC2)n1. The quantitative estimate of drug-likeness (QED) is 0.595. The zero-order valence-electron chi connectivity index (χ0n) is 8.45. The van der Waals surface area contributed by atoms with E-state index in [2.05, 4.69) is 4.98 Å². The van der Waals surface area contributed by atoms with Crippen LogP contribution in [0, 0.1) is 0 Å². The molecule has 1 aromatic rings. The summed E-state index contributed by atoms with van der Waals surface area (Å²) in [6.07, 6.45) is 1.87. The van der Waals surface area contributed by atoms with Gasteiger partial charge in [0, 0.05) is 17.3 Å². The molecule has 1 aliphatic rings. The molecule has 6 heteroatoms. The third-order valence-corrected chi connectivity index (χ3v) is 4.26. The highest BCUT2D eigenvalue weighted by molar-refractivity contribution is 8.01. The van der Waals surface area contributed by atoms with Gasteiger partial charge in [0.1, 0.15) is 17.4 Å². The molecule has 3 nitrogen and oxygen atoms in total. The Morgan fingerprint density at radius 2 is 2.27 bits per heavy atom. The maximum atomic E-state index is 5.31. The van der Waals surface area contributed by atoms with Crippen molar-refractivity contribution in [1.29, 1.82) is 0 Å². The van der Waals surface area contributed by atoms with Crippen molar-refractivity contribution in [3.8, 4) is 0 Å². The van der Waals surface area contributed by atoms with Gasteiger partial charge >= 0.3 is 0 Å². The molecule has 0 unspecified atom stereocenters. The summed E-state index contributed by atoms with van der Waals surface area (Å²) in [6, 6.07) is 0. The van der Waals surface area contributed by atoms with Crippen LogP contribution in [-0.4, -0.2) is 43.6 Å². The van der Waals surface area contributed by atoms with Crippen LogP contribution in [0.5, 0.6) is 0 Å². The first-order valence-corrected chi connectivity index (χ1v) is 6.75. The molecule has 1 fully saturated rings. The van der Waals surface area contributed by atoms with E-state index in [0.29, 0.717) is 0 Å². The monoisotopic (exact) mass is 266 g/mol. The fraction of sp³-hybridized carbons (Fsp3) is 0.667. The van der Waals surface area contributed by atoms with Crippen molar-refractivity contribution >= 4 is 23.1 Å². The number of quaternary nitrogens is 1. The smallest absolute Gasteiger partial charge is 0.149 e. The van der Waals surface area contributed by atoms with Gasteiger partial charge in [-0.2, -0.15) is 0 Å². The molecular weight excluding hydrogens is 252 g/mol. The maximum Gasteiger partial charge on any atom is 0.149 e. The second kappa shape index (κ2) is 7.46. The number of thioether (sulfide) groups is 1. The Morgan fingerprint density at radius 3 is 2.93 bits per heavy atom. The van der Waals surface area contributed by atoms with E-state index in [1.807, 2.05) is 23.3 Å². The Balaban J connectivity index is 0.00000112. The number of aromatic nitrogens is 1. The molecule has 2 rings (SSSR count). The molecule has 1 N–H and O–H groups in total. The lowest BCUT2D eigenvalue weighted by Gasteiger charge is -2.23. The summed E-state index contributed by atoms with van der Waals surface area (Å²) in [6.45, 7) is 5.42. The minimum Gasteiger partial charge on any atom is -1.00 e. The van der Waals surface area contributed by atoms with Gasteiger partial charge in [-0.1, -0.05) is 11.8 Å². The van der Waals surface area contributed by atoms with Crippen LogP contribution in [-0.2, 0) is 4.74 Å². The number of hydrogen-bond acceptors (Lipinski definition) is 4. The van der Waals surface area contributed by atoms with Crippen molar-refractivity contribution < 1.29 is 22.0 Å². The number of thiazole rings is 1. The minimum absolute atomic E-state index is 0. The molecule has 0 saturated carbocycles. The minimum atomic E-state index is 0. The van der Waals surface area contributed by atoms with Gasteiger partial charge in [-0.15, -0.1) is 11.3 Å². The Morgan fingerprint density at radius 1 is 1.47 bits per heavy atom. The van der Waals surface area contributed by atoms with Crippen molar-refractivity contribution in [2.24, 2.45) is 0 Å². The first-order valence-electron chi connectivity index (χ1n) is 4.89. The molecule has 0 aliphatic carbocycles. The van der Waals surface area contributed by atoms with Crippen LogP contribution in [0.15, 0.2) is 15.9 Å². The molecular formula is C9H15ClN2OS2. The van der Waals surface area contributed by atoms with E-state index in [1.165, 1.54) is 29.7 Å². The Labute approximate surface area is 105 Å². The van der Waals surface area contributed by atoms with E-state index < -0.39 is 0 Å². The Kier molecular flexibility index (Phi) is 6.59. The maximum absolute atomic E-state index is 5.31. The normalized spacial score (nSPS) is 17.3. The van der Waals surface area contributed by atoms with Gasteiger partial charge in [0.2, 0.25) is 0 Å². The van der Waals surface area contributed by atoms with Crippen molar-refractivity contribution in [3.63, 3.8) is 0 Å². The molecule has 0 spiro atoms. The summed E-state index contributed by atoms with van der Waals surface area (Å²) in [5.74, 6) is 1.17. The van der Waals surface area contributed by atoms with Crippen LogP contribution in [0.1, 0.15) is 0 Å². The molecule has 1 aromatic heterocycles. The zero-order chi connectivity index (χ0) is 9.64. The molecule has 15 heavy (non-hydrogen) atoms. The van der Waals surface area contributed by atoms with Gasteiger partial charge < -0.3 is 22.0 Å². The first-order chi connectivity index (χ1) is 6.95. The number of halogens is 1. The fourth-order valence-corrected chi connectivity index (χ4v) is 3.22. The fourth-order valence-electron chi connectivity index (χ4n) is 1.47. The van der Waals surface area contributed by atoms with Crippen molar-refractivity contribution in [2.45, 2.75) is 4.34 Å².